The van der Waals surface area contributed by atoms with Crippen molar-refractivity contribution in [2.24, 2.45) is 0 Å². The molecule has 0 aliphatic heterocycles. The molecular formula is C9H8AcO. The van der Waals surface area contributed by atoms with E-state index < -0.39 is 0 Å². The molecule has 2 heteroatoms. The van der Waals surface area contributed by atoms with E-state index in [0.29, 0.717) is 0 Å². The Morgan fingerprint density at radius 3 is 2.73 bits per heavy atom. The van der Waals surface area contributed by atoms with E-state index in [0.717, 1.165) is 11.1 Å². The van der Waals surface area contributed by atoms with Crippen LogP contribution in [0, 0.1) is 56.4 Å². The maximum atomic E-state index is 8.69. The molecule has 0 aromatic heterocycles. The molecule has 0 amide bonds. The number of aliphatic hydroxyl groups excluding tert-OH is 1. The van der Waals surface area contributed by atoms with E-state index in [1.807, 2.05) is 18.2 Å². The summed E-state index contributed by atoms with van der Waals surface area (Å²) < 4.78 is 0. The molecule has 1 N–H and O–H groups in total. The summed E-state index contributed by atoms with van der Waals surface area (Å²) in [5.41, 5.74) is 1.67. The summed E-state index contributed by atoms with van der Waals surface area (Å²) in [5.74, 6) is 2.49. The fourth-order valence-corrected chi connectivity index (χ4v) is 0.759. The number of terminal acetylenes is 1. The van der Waals surface area contributed by atoms with Crippen LogP contribution in [0.2, 0.25) is 0 Å². The van der Waals surface area contributed by atoms with Crippen LogP contribution in [0.5, 0.6) is 0 Å². The number of hydrogen-bond donors (Lipinski definition) is 1. The van der Waals surface area contributed by atoms with Crippen LogP contribution in [-0.4, -0.2) is 5.11 Å². The summed E-state index contributed by atoms with van der Waals surface area (Å²) >= 11 is 0. The quantitative estimate of drug-likeness (QED) is 0.747. The molecule has 1 aromatic rings. The minimum absolute atomic E-state index is 0. The predicted molar refractivity (Wildman–Crippen MR) is 40.3 cm³/mol. The Kier molecular flexibility index (Phi) is 5.88. The first-order valence-electron chi connectivity index (χ1n) is 3.03. The van der Waals surface area contributed by atoms with E-state index in [1.165, 1.54) is 0 Å². The van der Waals surface area contributed by atoms with Crippen LogP contribution in [-0.2, 0) is 6.61 Å². The van der Waals surface area contributed by atoms with Crippen molar-refractivity contribution in [3.05, 3.63) is 35.4 Å². The van der Waals surface area contributed by atoms with Crippen molar-refractivity contribution >= 4 is 0 Å². The molecule has 0 aliphatic rings. The Labute approximate surface area is 102 Å². The van der Waals surface area contributed by atoms with Gasteiger partial charge in [-0.3, -0.25) is 0 Å². The van der Waals surface area contributed by atoms with Crippen molar-refractivity contribution in [3.8, 4) is 12.3 Å². The molecule has 0 fully saturated rings. The molecule has 0 saturated carbocycles. The van der Waals surface area contributed by atoms with E-state index in [4.69, 9.17) is 11.5 Å². The van der Waals surface area contributed by atoms with E-state index in [2.05, 4.69) is 5.92 Å². The van der Waals surface area contributed by atoms with Crippen molar-refractivity contribution in [1.29, 1.82) is 0 Å². The topological polar surface area (TPSA) is 20.2 Å². The van der Waals surface area contributed by atoms with Crippen LogP contribution in [0.4, 0.5) is 0 Å². The molecule has 1 nitrogen and oxygen atoms in total. The van der Waals surface area contributed by atoms with Gasteiger partial charge in [-0.25, -0.2) is 0 Å². The molecule has 11 heavy (non-hydrogen) atoms. The summed E-state index contributed by atoms with van der Waals surface area (Å²) in [6, 6.07) is 7.29. The van der Waals surface area contributed by atoms with Gasteiger partial charge >= 0.3 is 0 Å². The van der Waals surface area contributed by atoms with Gasteiger partial charge in [0.25, 0.3) is 0 Å². The number of aliphatic hydroxyl groups is 1. The van der Waals surface area contributed by atoms with Crippen molar-refractivity contribution in [2.75, 3.05) is 0 Å². The van der Waals surface area contributed by atoms with Gasteiger partial charge in [0.15, 0.2) is 0 Å². The maximum absolute atomic E-state index is 8.69. The van der Waals surface area contributed by atoms with Crippen molar-refractivity contribution < 1.29 is 49.2 Å². The SMILES string of the molecule is C#Cc1cccc(CO)c1.[Ac]. The third-order valence-corrected chi connectivity index (χ3v) is 1.28. The second-order valence-electron chi connectivity index (χ2n) is 2.00. The average molecular weight is 359 g/mol. The molecule has 0 saturated heterocycles. The summed E-state index contributed by atoms with van der Waals surface area (Å²) in [6.07, 6.45) is 5.14. The molecule has 0 atom stereocenters. The van der Waals surface area contributed by atoms with Gasteiger partial charge < -0.3 is 5.11 Å². The molecule has 1 rings (SSSR count). The second kappa shape index (κ2) is 5.78. The van der Waals surface area contributed by atoms with Gasteiger partial charge in [0.1, 0.15) is 0 Å². The molecule has 1 aromatic carbocycles. The zero-order chi connectivity index (χ0) is 7.40. The first kappa shape index (κ1) is 11.2. The summed E-state index contributed by atoms with van der Waals surface area (Å²) in [5, 5.41) is 8.69. The normalized spacial score (nSPS) is 8.00. The molecule has 0 unspecified atom stereocenters. The standard InChI is InChI=1S/C9H8O.Ac/c1-2-8-4-3-5-9(6-8)7-10;/h1,3-6,10H,7H2;. The second-order valence-corrected chi connectivity index (χ2v) is 2.00. The van der Waals surface area contributed by atoms with Crippen molar-refractivity contribution in [2.45, 2.75) is 6.61 Å². The van der Waals surface area contributed by atoms with E-state index in [-0.39, 0.29) is 50.7 Å². The van der Waals surface area contributed by atoms with E-state index in [9.17, 15) is 0 Å². The Bertz CT molecular complexity index is 263. The van der Waals surface area contributed by atoms with Gasteiger partial charge in [-0.2, -0.15) is 0 Å². The zero-order valence-corrected chi connectivity index (χ0v) is 10.9. The van der Waals surface area contributed by atoms with Gasteiger partial charge in [-0.1, -0.05) is 18.1 Å². The monoisotopic (exact) mass is 359 g/mol. The molecule has 0 spiro atoms. The first-order valence-corrected chi connectivity index (χ1v) is 3.03. The molecule has 0 bridgehead atoms. The maximum Gasteiger partial charge on any atom is 0.0682 e. The zero-order valence-electron chi connectivity index (χ0n) is 6.12. The summed E-state index contributed by atoms with van der Waals surface area (Å²) in [6.45, 7) is 0.0511. The Hall–Kier alpha value is 0.182. The van der Waals surface area contributed by atoms with Crippen molar-refractivity contribution in [1.82, 2.24) is 0 Å². The van der Waals surface area contributed by atoms with Gasteiger partial charge in [0, 0.05) is 49.6 Å². The van der Waals surface area contributed by atoms with E-state index in [1.54, 1.807) is 6.07 Å². The summed E-state index contributed by atoms with van der Waals surface area (Å²) in [4.78, 5) is 0. The average Bonchev–Trinajstić information content (AvgIpc) is 2.05. The first-order chi connectivity index (χ1) is 4.86. The van der Waals surface area contributed by atoms with Crippen LogP contribution >= 0.6 is 0 Å². The molecular weight excluding hydrogens is 351 g/mol. The fourth-order valence-electron chi connectivity index (χ4n) is 0.759. The number of hydrogen-bond acceptors (Lipinski definition) is 1. The summed E-state index contributed by atoms with van der Waals surface area (Å²) in [7, 11) is 0. The van der Waals surface area contributed by atoms with Gasteiger partial charge in [0.05, 0.1) is 6.61 Å². The van der Waals surface area contributed by atoms with Crippen molar-refractivity contribution in [3.63, 3.8) is 0 Å². The Balaban J connectivity index is 0.000001000. The molecule has 53 valence electrons. The molecule has 1 radical (unpaired) electrons. The Morgan fingerprint density at radius 1 is 1.45 bits per heavy atom. The Morgan fingerprint density at radius 2 is 2.18 bits per heavy atom. The molecule has 0 heterocycles. The van der Waals surface area contributed by atoms with Crippen LogP contribution in [0.25, 0.3) is 0 Å². The smallest absolute Gasteiger partial charge is 0.0682 e. The minimum atomic E-state index is 0. The van der Waals surface area contributed by atoms with E-state index >= 15 is 0 Å². The van der Waals surface area contributed by atoms with Crippen LogP contribution in [0.15, 0.2) is 24.3 Å². The van der Waals surface area contributed by atoms with Gasteiger partial charge in [-0.15, -0.1) is 6.42 Å². The van der Waals surface area contributed by atoms with Crippen LogP contribution in [0.3, 0.4) is 0 Å². The van der Waals surface area contributed by atoms with Gasteiger partial charge in [-0.05, 0) is 17.7 Å². The fraction of sp³-hybridized carbons (Fsp3) is 0.111. The van der Waals surface area contributed by atoms with Crippen LogP contribution < -0.4 is 0 Å². The van der Waals surface area contributed by atoms with Gasteiger partial charge in [0.2, 0.25) is 0 Å². The third kappa shape index (κ3) is 3.39. The number of benzene rings is 1. The minimum Gasteiger partial charge on any atom is -0.392 e. The third-order valence-electron chi connectivity index (χ3n) is 1.28. The predicted octanol–water partition coefficient (Wildman–Crippen LogP) is 1.16. The molecule has 0 aliphatic carbocycles. The largest absolute Gasteiger partial charge is 0.392 e. The number of rotatable bonds is 1. The van der Waals surface area contributed by atoms with Crippen LogP contribution in [0.1, 0.15) is 11.1 Å².